The molecule has 8 heteroatoms. The first-order valence-electron chi connectivity index (χ1n) is 12.3. The van der Waals surface area contributed by atoms with Gasteiger partial charge >= 0.3 is 6.09 Å². The van der Waals surface area contributed by atoms with E-state index in [9.17, 15) is 18.7 Å². The molecule has 2 heterocycles. The maximum absolute atomic E-state index is 13.9. The molecular weight excluding hydrogens is 476 g/mol. The summed E-state index contributed by atoms with van der Waals surface area (Å²) in [6, 6.07) is 20.9. The molecule has 0 spiro atoms. The third-order valence-electron chi connectivity index (χ3n) is 6.90. The summed E-state index contributed by atoms with van der Waals surface area (Å²) in [5, 5.41) is 12.1. The highest BCUT2D eigenvalue weighted by atomic mass is 19.2. The highest BCUT2D eigenvalue weighted by Gasteiger charge is 2.38. The van der Waals surface area contributed by atoms with Crippen LogP contribution in [0.3, 0.4) is 0 Å². The van der Waals surface area contributed by atoms with E-state index in [1.165, 1.54) is 11.0 Å². The molecule has 0 saturated carbocycles. The third-order valence-corrected chi connectivity index (χ3v) is 6.90. The van der Waals surface area contributed by atoms with Crippen LogP contribution in [0.5, 0.6) is 0 Å². The number of aromatic amines is 1. The van der Waals surface area contributed by atoms with E-state index in [2.05, 4.69) is 11.1 Å². The van der Waals surface area contributed by atoms with Crippen molar-refractivity contribution in [1.82, 2.24) is 14.8 Å². The van der Waals surface area contributed by atoms with Crippen LogP contribution in [0, 0.1) is 11.6 Å². The second-order valence-corrected chi connectivity index (χ2v) is 9.41. The number of aromatic nitrogens is 1. The lowest BCUT2D eigenvalue weighted by atomic mass is 10.1. The van der Waals surface area contributed by atoms with Gasteiger partial charge < -0.3 is 19.7 Å². The van der Waals surface area contributed by atoms with Crippen LogP contribution in [-0.2, 0) is 24.3 Å². The molecule has 5 rings (SSSR count). The number of nitrogens with one attached hydrogen (secondary N) is 1. The first kappa shape index (κ1) is 24.9. The van der Waals surface area contributed by atoms with Crippen molar-refractivity contribution < 1.29 is 23.4 Å². The lowest BCUT2D eigenvalue weighted by Gasteiger charge is -2.30. The van der Waals surface area contributed by atoms with Crippen molar-refractivity contribution in [1.29, 1.82) is 0 Å². The molecule has 1 aliphatic rings. The van der Waals surface area contributed by atoms with Crippen molar-refractivity contribution in [2.45, 2.75) is 31.7 Å². The van der Waals surface area contributed by atoms with Crippen LogP contribution in [0.15, 0.2) is 79.0 Å². The van der Waals surface area contributed by atoms with Gasteiger partial charge in [0.2, 0.25) is 0 Å². The summed E-state index contributed by atoms with van der Waals surface area (Å²) in [7, 11) is 0. The number of carbonyl (C=O) groups is 1. The number of hydrogen-bond acceptors (Lipinski definition) is 4. The van der Waals surface area contributed by atoms with Crippen LogP contribution >= 0.6 is 0 Å². The number of aliphatic hydroxyl groups is 1. The Bertz CT molecular complexity index is 1360. The molecule has 1 aromatic heterocycles. The summed E-state index contributed by atoms with van der Waals surface area (Å²) in [6.45, 7) is 1.41. The molecule has 1 amide bonds. The molecule has 0 aliphatic carbocycles. The molecule has 2 atom stereocenters. The number of H-pyrrole nitrogens is 1. The first-order chi connectivity index (χ1) is 18.0. The van der Waals surface area contributed by atoms with E-state index in [-0.39, 0.29) is 25.7 Å². The van der Waals surface area contributed by atoms with Crippen molar-refractivity contribution in [3.8, 4) is 0 Å². The van der Waals surface area contributed by atoms with Gasteiger partial charge in [-0.05, 0) is 41.3 Å². The largest absolute Gasteiger partial charge is 0.445 e. The van der Waals surface area contributed by atoms with E-state index in [4.69, 9.17) is 4.74 Å². The van der Waals surface area contributed by atoms with Gasteiger partial charge in [-0.3, -0.25) is 4.90 Å². The number of fused-ring (bicyclic) bond motifs is 1. The van der Waals surface area contributed by atoms with Gasteiger partial charge in [0.15, 0.2) is 11.6 Å². The minimum atomic E-state index is -0.910. The zero-order chi connectivity index (χ0) is 25.8. The molecule has 4 aromatic rings. The number of benzene rings is 3. The van der Waals surface area contributed by atoms with Crippen LogP contribution in [-0.4, -0.2) is 57.8 Å². The minimum Gasteiger partial charge on any atom is -0.445 e. The van der Waals surface area contributed by atoms with Crippen molar-refractivity contribution in [3.05, 3.63) is 107 Å². The predicted molar refractivity (Wildman–Crippen MR) is 137 cm³/mol. The van der Waals surface area contributed by atoms with Gasteiger partial charge in [-0.2, -0.15) is 0 Å². The Morgan fingerprint density at radius 3 is 2.59 bits per heavy atom. The van der Waals surface area contributed by atoms with Crippen LogP contribution in [0.2, 0.25) is 0 Å². The second kappa shape index (κ2) is 11.1. The molecule has 6 nitrogen and oxygen atoms in total. The average Bonchev–Trinajstić information content (AvgIpc) is 3.51. The first-order valence-corrected chi connectivity index (χ1v) is 12.3. The summed E-state index contributed by atoms with van der Waals surface area (Å²) in [6.07, 6.45) is 1.35. The Labute approximate surface area is 214 Å². The molecule has 0 radical (unpaired) electrons. The van der Waals surface area contributed by atoms with Gasteiger partial charge in [-0.1, -0.05) is 54.6 Å². The van der Waals surface area contributed by atoms with Crippen molar-refractivity contribution in [2.24, 2.45) is 0 Å². The number of ether oxygens (including phenoxy) is 1. The number of halogens is 2. The molecular formula is C29H29F2N3O3. The van der Waals surface area contributed by atoms with E-state index in [1.54, 1.807) is 6.07 Å². The van der Waals surface area contributed by atoms with E-state index >= 15 is 0 Å². The van der Waals surface area contributed by atoms with E-state index in [0.29, 0.717) is 25.1 Å². The summed E-state index contributed by atoms with van der Waals surface area (Å²) in [5.41, 5.74) is 3.64. The second-order valence-electron chi connectivity index (χ2n) is 9.41. The van der Waals surface area contributed by atoms with Crippen molar-refractivity contribution in [3.63, 3.8) is 0 Å². The summed E-state index contributed by atoms with van der Waals surface area (Å²) in [4.78, 5) is 19.6. The zero-order valence-electron chi connectivity index (χ0n) is 20.3. The average molecular weight is 506 g/mol. The van der Waals surface area contributed by atoms with Gasteiger partial charge in [0.05, 0.1) is 18.7 Å². The molecule has 3 aromatic carbocycles. The Morgan fingerprint density at radius 1 is 1.00 bits per heavy atom. The highest BCUT2D eigenvalue weighted by molar-refractivity contribution is 5.83. The fourth-order valence-corrected chi connectivity index (χ4v) is 4.93. The number of carbonyl (C=O) groups excluding carboxylic acids is 1. The van der Waals surface area contributed by atoms with Gasteiger partial charge in [-0.15, -0.1) is 0 Å². The monoisotopic (exact) mass is 505 g/mol. The van der Waals surface area contributed by atoms with Crippen LogP contribution in [0.25, 0.3) is 10.9 Å². The van der Waals surface area contributed by atoms with Gasteiger partial charge in [0, 0.05) is 36.7 Å². The number of β-amino-alcohol motifs (C(OH)–C–C–N with tert-alkyl or cyclic N) is 1. The van der Waals surface area contributed by atoms with Crippen LogP contribution < -0.4 is 0 Å². The molecule has 37 heavy (non-hydrogen) atoms. The topological polar surface area (TPSA) is 68.8 Å². The van der Waals surface area contributed by atoms with Crippen molar-refractivity contribution >= 4 is 17.0 Å². The molecule has 0 bridgehead atoms. The Morgan fingerprint density at radius 2 is 1.78 bits per heavy atom. The molecule has 2 N–H and O–H groups in total. The quantitative estimate of drug-likeness (QED) is 0.359. The van der Waals surface area contributed by atoms with E-state index < -0.39 is 23.8 Å². The van der Waals surface area contributed by atoms with Gasteiger partial charge in [-0.25, -0.2) is 13.6 Å². The van der Waals surface area contributed by atoms with Gasteiger partial charge in [0.1, 0.15) is 6.61 Å². The molecule has 1 saturated heterocycles. The number of likely N-dealkylation sites (tertiary alicyclic amines) is 1. The van der Waals surface area contributed by atoms with E-state index in [1.807, 2.05) is 59.6 Å². The fourth-order valence-electron chi connectivity index (χ4n) is 4.93. The number of hydrogen-bond donors (Lipinski definition) is 2. The van der Waals surface area contributed by atoms with Crippen molar-refractivity contribution in [2.75, 3.05) is 19.6 Å². The molecule has 192 valence electrons. The van der Waals surface area contributed by atoms with E-state index in [0.717, 1.165) is 28.1 Å². The predicted octanol–water partition coefficient (Wildman–Crippen LogP) is 4.87. The Balaban J connectivity index is 1.30. The molecule has 0 unspecified atom stereocenters. The fraction of sp³-hybridized carbons (Fsp3) is 0.276. The number of nitrogens with zero attached hydrogens (tertiary/aromatic N) is 2. The minimum absolute atomic E-state index is 0.139. The van der Waals surface area contributed by atoms with Crippen LogP contribution in [0.1, 0.15) is 16.7 Å². The third kappa shape index (κ3) is 5.81. The maximum atomic E-state index is 13.9. The zero-order valence-corrected chi connectivity index (χ0v) is 20.3. The van der Waals surface area contributed by atoms with Crippen LogP contribution in [0.4, 0.5) is 13.6 Å². The SMILES string of the molecule is O=C(OCc1ccccc1)N1C[C@@H](O)[C@H](N(CCc2c[nH]c3ccccc23)Cc2ccc(F)c(F)c2)C1. The summed E-state index contributed by atoms with van der Waals surface area (Å²) >= 11 is 0. The molecule has 1 aliphatic heterocycles. The Hall–Kier alpha value is -3.75. The lowest BCUT2D eigenvalue weighted by molar-refractivity contribution is 0.0782. The smallest absolute Gasteiger partial charge is 0.410 e. The summed E-state index contributed by atoms with van der Waals surface area (Å²) in [5.74, 6) is -1.81. The van der Waals surface area contributed by atoms with Gasteiger partial charge in [0.25, 0.3) is 0 Å². The number of amides is 1. The standard InChI is InChI=1S/C29H29F2N3O3/c30-24-11-10-21(14-25(24)31)16-33(13-12-22-15-32-26-9-5-4-8-23(22)26)27-17-34(18-28(27)35)29(36)37-19-20-6-2-1-3-7-20/h1-11,14-15,27-28,32,35H,12-13,16-19H2/t27-,28-/m1/s1. The Kier molecular flexibility index (Phi) is 7.48. The lowest BCUT2D eigenvalue weighted by Crippen LogP contribution is -2.44. The number of aliphatic hydroxyl groups excluding tert-OH is 1. The normalized spacial score (nSPS) is 17.6. The highest BCUT2D eigenvalue weighted by Crippen LogP contribution is 2.24. The number of rotatable bonds is 8. The number of para-hydroxylation sites is 1. The summed E-state index contributed by atoms with van der Waals surface area (Å²) < 4.78 is 32.9. The molecule has 1 fully saturated rings. The maximum Gasteiger partial charge on any atom is 0.410 e.